The summed E-state index contributed by atoms with van der Waals surface area (Å²) in [6, 6.07) is 5.00. The lowest BCUT2D eigenvalue weighted by Gasteiger charge is -2.07. The van der Waals surface area contributed by atoms with E-state index in [0.717, 1.165) is 25.1 Å². The molecule has 0 heterocycles. The summed E-state index contributed by atoms with van der Waals surface area (Å²) in [5, 5.41) is 13.8. The van der Waals surface area contributed by atoms with Gasteiger partial charge in [-0.3, -0.25) is 10.1 Å². The Balaban J connectivity index is 2.35. The van der Waals surface area contributed by atoms with E-state index in [1.807, 2.05) is 22.6 Å². The molecule has 5 nitrogen and oxygen atoms in total. The fraction of sp³-hybridized carbons (Fsp3) is 0.500. The molecular formula is C12H17IN2O3. The number of ether oxygens (including phenoxy) is 1. The van der Waals surface area contributed by atoms with Crippen molar-refractivity contribution in [1.29, 1.82) is 0 Å². The highest BCUT2D eigenvalue weighted by Crippen LogP contribution is 2.23. The monoisotopic (exact) mass is 364 g/mol. The minimum atomic E-state index is -0.376. The zero-order valence-electron chi connectivity index (χ0n) is 10.3. The minimum Gasteiger partial charge on any atom is -0.383 e. The molecule has 1 rings (SSSR count). The Morgan fingerprint density at radius 2 is 2.22 bits per heavy atom. The van der Waals surface area contributed by atoms with Gasteiger partial charge in [0.25, 0.3) is 5.69 Å². The van der Waals surface area contributed by atoms with E-state index in [2.05, 4.69) is 12.2 Å². The molecule has 1 N–H and O–H groups in total. The fourth-order valence-corrected chi connectivity index (χ4v) is 2.09. The lowest BCUT2D eigenvalue weighted by Crippen LogP contribution is -2.10. The first-order valence-corrected chi connectivity index (χ1v) is 6.98. The number of nitrogens with one attached hydrogen (secondary N) is 1. The number of benzene rings is 1. The van der Waals surface area contributed by atoms with Crippen molar-refractivity contribution >= 4 is 34.0 Å². The van der Waals surface area contributed by atoms with Crippen molar-refractivity contribution in [3.05, 3.63) is 31.9 Å². The van der Waals surface area contributed by atoms with Crippen molar-refractivity contribution in [2.75, 3.05) is 25.1 Å². The summed E-state index contributed by atoms with van der Waals surface area (Å²) in [6.45, 7) is 4.27. The normalized spacial score (nSPS) is 10.3. The number of anilines is 1. The summed E-state index contributed by atoms with van der Waals surface area (Å²) >= 11 is 1.97. The molecule has 0 bridgehead atoms. The molecule has 0 aliphatic carbocycles. The minimum absolute atomic E-state index is 0.139. The average Bonchev–Trinajstić information content (AvgIpc) is 2.33. The fourth-order valence-electron chi connectivity index (χ4n) is 1.38. The van der Waals surface area contributed by atoms with E-state index < -0.39 is 0 Å². The second kappa shape index (κ2) is 8.25. The molecule has 0 aromatic heterocycles. The molecule has 1 aromatic carbocycles. The summed E-state index contributed by atoms with van der Waals surface area (Å²) in [6.07, 6.45) is 2.21. The van der Waals surface area contributed by atoms with Crippen LogP contribution in [0.5, 0.6) is 0 Å². The molecule has 0 aliphatic heterocycles. The van der Waals surface area contributed by atoms with Crippen molar-refractivity contribution in [2.45, 2.75) is 19.8 Å². The third-order valence-corrected chi connectivity index (χ3v) is 3.23. The summed E-state index contributed by atoms with van der Waals surface area (Å²) in [4.78, 5) is 10.3. The first-order valence-electron chi connectivity index (χ1n) is 5.90. The zero-order chi connectivity index (χ0) is 13.4. The SMILES string of the molecule is CCCCOCCNc1ccc([N+](=O)[O-])c(I)c1. The van der Waals surface area contributed by atoms with Gasteiger partial charge in [-0.05, 0) is 41.1 Å². The predicted molar refractivity (Wildman–Crippen MR) is 80.0 cm³/mol. The third kappa shape index (κ3) is 5.18. The first-order chi connectivity index (χ1) is 8.65. The smallest absolute Gasteiger partial charge is 0.282 e. The molecule has 0 atom stereocenters. The Morgan fingerprint density at radius 3 is 2.83 bits per heavy atom. The van der Waals surface area contributed by atoms with E-state index in [1.165, 1.54) is 6.07 Å². The summed E-state index contributed by atoms with van der Waals surface area (Å²) in [5.74, 6) is 0. The number of rotatable bonds is 8. The first kappa shape index (κ1) is 15.2. The van der Waals surface area contributed by atoms with Crippen LogP contribution in [0, 0.1) is 13.7 Å². The Bertz CT molecular complexity index is 399. The van der Waals surface area contributed by atoms with Crippen molar-refractivity contribution < 1.29 is 9.66 Å². The number of halogens is 1. The van der Waals surface area contributed by atoms with Crippen LogP contribution in [0.1, 0.15) is 19.8 Å². The van der Waals surface area contributed by atoms with Gasteiger partial charge >= 0.3 is 0 Å². The van der Waals surface area contributed by atoms with E-state index in [4.69, 9.17) is 4.74 Å². The van der Waals surface area contributed by atoms with Crippen LogP contribution in [0.3, 0.4) is 0 Å². The predicted octanol–water partition coefficient (Wildman–Crippen LogP) is 3.43. The molecule has 1 aromatic rings. The number of hydrogen-bond donors (Lipinski definition) is 1. The molecule has 100 valence electrons. The standard InChI is InChI=1S/C12H17IN2O3/c1-2-3-7-18-8-6-14-10-4-5-12(15(16)17)11(13)9-10/h4-5,9,14H,2-3,6-8H2,1H3. The van der Waals surface area contributed by atoms with Crippen molar-refractivity contribution in [2.24, 2.45) is 0 Å². The van der Waals surface area contributed by atoms with Gasteiger partial charge in [-0.1, -0.05) is 13.3 Å². The Morgan fingerprint density at radius 1 is 1.44 bits per heavy atom. The van der Waals surface area contributed by atoms with Gasteiger partial charge in [0, 0.05) is 24.9 Å². The van der Waals surface area contributed by atoms with E-state index in [-0.39, 0.29) is 10.6 Å². The van der Waals surface area contributed by atoms with Gasteiger partial charge in [0.2, 0.25) is 0 Å². The van der Waals surface area contributed by atoms with E-state index >= 15 is 0 Å². The molecule has 0 saturated carbocycles. The molecule has 0 saturated heterocycles. The topological polar surface area (TPSA) is 64.4 Å². The van der Waals surface area contributed by atoms with Gasteiger partial charge in [-0.15, -0.1) is 0 Å². The highest BCUT2D eigenvalue weighted by Gasteiger charge is 2.10. The van der Waals surface area contributed by atoms with Gasteiger partial charge in [-0.2, -0.15) is 0 Å². The van der Waals surface area contributed by atoms with Crippen LogP contribution in [-0.2, 0) is 4.74 Å². The quantitative estimate of drug-likeness (QED) is 0.332. The van der Waals surface area contributed by atoms with Crippen molar-refractivity contribution in [3.63, 3.8) is 0 Å². The second-order valence-corrected chi connectivity index (χ2v) is 4.98. The maximum Gasteiger partial charge on any atom is 0.282 e. The van der Waals surface area contributed by atoms with Crippen molar-refractivity contribution in [3.8, 4) is 0 Å². The average molecular weight is 364 g/mol. The Kier molecular flexibility index (Phi) is 6.96. The van der Waals surface area contributed by atoms with Gasteiger partial charge in [0.1, 0.15) is 0 Å². The van der Waals surface area contributed by atoms with Crippen LogP contribution in [0.4, 0.5) is 11.4 Å². The lowest BCUT2D eigenvalue weighted by atomic mass is 10.3. The summed E-state index contributed by atoms with van der Waals surface area (Å²) in [7, 11) is 0. The number of hydrogen-bond acceptors (Lipinski definition) is 4. The number of nitro groups is 1. The molecule has 0 aliphatic rings. The maximum absolute atomic E-state index is 10.7. The van der Waals surface area contributed by atoms with Crippen LogP contribution in [0.15, 0.2) is 18.2 Å². The molecule has 0 amide bonds. The molecular weight excluding hydrogens is 347 g/mol. The van der Waals surface area contributed by atoms with E-state index in [0.29, 0.717) is 16.7 Å². The van der Waals surface area contributed by atoms with Gasteiger partial charge < -0.3 is 10.1 Å². The molecule has 0 fully saturated rings. The summed E-state index contributed by atoms with van der Waals surface area (Å²) < 4.78 is 6.05. The van der Waals surface area contributed by atoms with E-state index in [1.54, 1.807) is 12.1 Å². The highest BCUT2D eigenvalue weighted by molar-refractivity contribution is 14.1. The maximum atomic E-state index is 10.7. The van der Waals surface area contributed by atoms with Crippen LogP contribution in [-0.4, -0.2) is 24.7 Å². The van der Waals surface area contributed by atoms with Crippen LogP contribution < -0.4 is 5.32 Å². The Hall–Kier alpha value is -0.890. The molecule has 0 unspecified atom stereocenters. The van der Waals surface area contributed by atoms with Gasteiger partial charge in [0.15, 0.2) is 0 Å². The van der Waals surface area contributed by atoms with Crippen LogP contribution >= 0.6 is 22.6 Å². The van der Waals surface area contributed by atoms with Gasteiger partial charge in [0.05, 0.1) is 15.1 Å². The van der Waals surface area contributed by atoms with Crippen molar-refractivity contribution in [1.82, 2.24) is 0 Å². The summed E-state index contributed by atoms with van der Waals surface area (Å²) in [5.41, 5.74) is 1.02. The molecule has 0 radical (unpaired) electrons. The zero-order valence-corrected chi connectivity index (χ0v) is 12.5. The number of nitro benzene ring substituents is 1. The highest BCUT2D eigenvalue weighted by atomic mass is 127. The Labute approximate surface area is 120 Å². The molecule has 0 spiro atoms. The lowest BCUT2D eigenvalue weighted by molar-refractivity contribution is -0.385. The van der Waals surface area contributed by atoms with Gasteiger partial charge in [-0.25, -0.2) is 0 Å². The largest absolute Gasteiger partial charge is 0.383 e. The van der Waals surface area contributed by atoms with E-state index in [9.17, 15) is 10.1 Å². The second-order valence-electron chi connectivity index (χ2n) is 3.82. The van der Waals surface area contributed by atoms with Crippen LogP contribution in [0.2, 0.25) is 0 Å². The third-order valence-electron chi connectivity index (χ3n) is 2.36. The number of nitrogens with zero attached hydrogens (tertiary/aromatic N) is 1. The molecule has 6 heteroatoms. The molecule has 18 heavy (non-hydrogen) atoms. The number of unbranched alkanes of at least 4 members (excludes halogenated alkanes) is 1. The van der Waals surface area contributed by atoms with Crippen LogP contribution in [0.25, 0.3) is 0 Å².